The second-order valence-electron chi connectivity index (χ2n) is 3.70. The first kappa shape index (κ1) is 11.8. The van der Waals surface area contributed by atoms with Crippen molar-refractivity contribution in [3.8, 4) is 0 Å². The van der Waals surface area contributed by atoms with Gasteiger partial charge in [-0.3, -0.25) is 15.8 Å². The van der Waals surface area contributed by atoms with Crippen LogP contribution in [0, 0.1) is 0 Å². The quantitative estimate of drug-likeness (QED) is 0.487. The van der Waals surface area contributed by atoms with E-state index in [1.54, 1.807) is 11.9 Å². The molecule has 1 atom stereocenters. The molecule has 0 bridgehead atoms. The third-order valence-electron chi connectivity index (χ3n) is 2.38. The van der Waals surface area contributed by atoms with E-state index in [1.807, 2.05) is 0 Å². The van der Waals surface area contributed by atoms with Crippen LogP contribution in [0.4, 0.5) is 4.39 Å². The first-order chi connectivity index (χ1) is 6.80. The van der Waals surface area contributed by atoms with E-state index < -0.39 is 6.30 Å². The van der Waals surface area contributed by atoms with Gasteiger partial charge in [-0.1, -0.05) is 0 Å². The first-order valence-corrected chi connectivity index (χ1v) is 5.31. The number of hydrogen-bond donors (Lipinski definition) is 3. The molecule has 84 valence electrons. The van der Waals surface area contributed by atoms with Crippen LogP contribution in [0.1, 0.15) is 19.3 Å². The monoisotopic (exact) mass is 204 g/mol. The Hall–Kier alpha value is -0.230. The topological polar surface area (TPSA) is 39.3 Å². The smallest absolute Gasteiger partial charge is 0.155 e. The lowest BCUT2D eigenvalue weighted by Gasteiger charge is -2.22. The van der Waals surface area contributed by atoms with Gasteiger partial charge in [-0.05, 0) is 26.4 Å². The highest BCUT2D eigenvalue weighted by molar-refractivity contribution is 4.60. The maximum absolute atomic E-state index is 13.4. The lowest BCUT2D eigenvalue weighted by Crippen LogP contribution is -2.41. The van der Waals surface area contributed by atoms with Crippen molar-refractivity contribution in [3.63, 3.8) is 0 Å². The van der Waals surface area contributed by atoms with Crippen LogP contribution in [0.5, 0.6) is 0 Å². The summed E-state index contributed by atoms with van der Waals surface area (Å²) in [6.45, 7) is 3.22. The minimum absolute atomic E-state index is 0.519. The summed E-state index contributed by atoms with van der Waals surface area (Å²) in [5, 5.41) is 3.22. The molecule has 14 heavy (non-hydrogen) atoms. The molecular formula is C9H21FN4. The normalized spacial score (nSPS) is 29.1. The van der Waals surface area contributed by atoms with Crippen LogP contribution in [0.3, 0.4) is 0 Å². The summed E-state index contributed by atoms with van der Waals surface area (Å²) in [7, 11) is 1.80. The Kier molecular flexibility index (Phi) is 6.02. The van der Waals surface area contributed by atoms with E-state index in [-0.39, 0.29) is 0 Å². The molecule has 0 aliphatic carbocycles. The number of alkyl halides is 1. The number of rotatable bonds is 0. The van der Waals surface area contributed by atoms with Crippen molar-refractivity contribution in [1.29, 1.82) is 0 Å². The molecule has 0 spiro atoms. The van der Waals surface area contributed by atoms with Gasteiger partial charge in [0.1, 0.15) is 0 Å². The van der Waals surface area contributed by atoms with Crippen molar-refractivity contribution in [2.24, 2.45) is 0 Å². The summed E-state index contributed by atoms with van der Waals surface area (Å²) >= 11 is 0. The lowest BCUT2D eigenvalue weighted by atomic mass is 10.3. The van der Waals surface area contributed by atoms with Crippen molar-refractivity contribution < 1.29 is 4.39 Å². The van der Waals surface area contributed by atoms with E-state index >= 15 is 0 Å². The number of halogens is 1. The predicted octanol–water partition coefficient (Wildman–Crippen LogP) is 0.0390. The molecule has 4 nitrogen and oxygen atoms in total. The van der Waals surface area contributed by atoms with Crippen molar-refractivity contribution in [2.45, 2.75) is 25.6 Å². The summed E-state index contributed by atoms with van der Waals surface area (Å²) in [5.41, 5.74) is 6.09. The summed E-state index contributed by atoms with van der Waals surface area (Å²) in [4.78, 5) is 1.70. The Bertz CT molecular complexity index is 129. The Balaban J connectivity index is 2.23. The number of hydrogen-bond acceptors (Lipinski definition) is 4. The van der Waals surface area contributed by atoms with Crippen LogP contribution in [0.15, 0.2) is 0 Å². The van der Waals surface area contributed by atoms with Gasteiger partial charge >= 0.3 is 0 Å². The van der Waals surface area contributed by atoms with Gasteiger partial charge in [0.2, 0.25) is 0 Å². The molecule has 1 aliphatic rings. The fourth-order valence-corrected chi connectivity index (χ4v) is 1.41. The minimum Gasteiger partial charge on any atom is -0.304 e. The van der Waals surface area contributed by atoms with Crippen LogP contribution in [-0.4, -0.2) is 44.5 Å². The average Bonchev–Trinajstić information content (AvgIpc) is 2.18. The number of nitrogens with zero attached hydrogens (tertiary/aromatic N) is 1. The van der Waals surface area contributed by atoms with Crippen LogP contribution in [-0.2, 0) is 0 Å². The fourth-order valence-electron chi connectivity index (χ4n) is 1.41. The first-order valence-electron chi connectivity index (χ1n) is 5.31. The van der Waals surface area contributed by atoms with Crippen LogP contribution in [0.25, 0.3) is 0 Å². The van der Waals surface area contributed by atoms with E-state index in [1.165, 1.54) is 0 Å². The Morgan fingerprint density at radius 2 is 1.86 bits per heavy atom. The summed E-state index contributed by atoms with van der Waals surface area (Å²) < 4.78 is 13.4. The van der Waals surface area contributed by atoms with Gasteiger partial charge in [0.15, 0.2) is 6.30 Å². The van der Waals surface area contributed by atoms with Crippen LogP contribution < -0.4 is 16.2 Å². The molecule has 1 heterocycles. The summed E-state index contributed by atoms with van der Waals surface area (Å²) in [6, 6.07) is 0. The molecule has 1 unspecified atom stereocenters. The third-order valence-corrected chi connectivity index (χ3v) is 2.38. The highest BCUT2D eigenvalue weighted by Crippen LogP contribution is 2.01. The van der Waals surface area contributed by atoms with Crippen LogP contribution >= 0.6 is 0 Å². The fraction of sp³-hybridized carbons (Fsp3) is 1.00. The molecule has 0 saturated carbocycles. The molecule has 5 heteroatoms. The van der Waals surface area contributed by atoms with Crippen molar-refractivity contribution in [2.75, 3.05) is 33.4 Å². The van der Waals surface area contributed by atoms with Crippen LogP contribution in [0.2, 0.25) is 0 Å². The van der Waals surface area contributed by atoms with E-state index in [0.717, 1.165) is 25.9 Å². The number of nitrogens with one attached hydrogen (secondary N) is 3. The molecule has 0 amide bonds. The second kappa shape index (κ2) is 7.11. The lowest BCUT2D eigenvalue weighted by molar-refractivity contribution is 0.0911. The second-order valence-corrected chi connectivity index (χ2v) is 3.70. The predicted molar refractivity (Wildman–Crippen MR) is 55.4 cm³/mol. The summed E-state index contributed by atoms with van der Waals surface area (Å²) in [6.07, 6.45) is 1.92. The van der Waals surface area contributed by atoms with Gasteiger partial charge < -0.3 is 5.32 Å². The maximum Gasteiger partial charge on any atom is 0.155 e. The van der Waals surface area contributed by atoms with Crippen molar-refractivity contribution >= 4 is 0 Å². The largest absolute Gasteiger partial charge is 0.304 e. The zero-order valence-corrected chi connectivity index (χ0v) is 8.85. The summed E-state index contributed by atoms with van der Waals surface area (Å²) in [5.74, 6) is 0. The van der Waals surface area contributed by atoms with E-state index in [9.17, 15) is 4.39 Å². The standard InChI is InChI=1S/C9H21FN4/c1-14-8-11-5-2-3-6-12-13-7-4-9(14)10/h9,11-13H,2-8H2,1H3. The average molecular weight is 204 g/mol. The molecule has 1 fully saturated rings. The van der Waals surface area contributed by atoms with Gasteiger partial charge in [0.05, 0.1) is 6.67 Å². The van der Waals surface area contributed by atoms with Gasteiger partial charge in [-0.15, -0.1) is 0 Å². The Morgan fingerprint density at radius 3 is 2.71 bits per heavy atom. The highest BCUT2D eigenvalue weighted by atomic mass is 19.1. The zero-order valence-electron chi connectivity index (χ0n) is 8.85. The zero-order chi connectivity index (χ0) is 10.2. The van der Waals surface area contributed by atoms with Gasteiger partial charge in [0.25, 0.3) is 0 Å². The van der Waals surface area contributed by atoms with Gasteiger partial charge in [-0.2, -0.15) is 0 Å². The molecule has 0 aromatic carbocycles. The SMILES string of the molecule is CN1CNCCCCNNCCC1F. The molecule has 0 aromatic rings. The van der Waals surface area contributed by atoms with Crippen molar-refractivity contribution in [3.05, 3.63) is 0 Å². The van der Waals surface area contributed by atoms with Gasteiger partial charge in [-0.25, -0.2) is 4.39 Å². The molecule has 0 aromatic heterocycles. The van der Waals surface area contributed by atoms with Gasteiger partial charge in [0, 0.05) is 19.5 Å². The van der Waals surface area contributed by atoms with Crippen molar-refractivity contribution in [1.82, 2.24) is 21.1 Å². The highest BCUT2D eigenvalue weighted by Gasteiger charge is 2.11. The Labute approximate surface area is 85.2 Å². The molecule has 1 rings (SSSR count). The molecule has 3 N–H and O–H groups in total. The molecule has 1 aliphatic heterocycles. The Morgan fingerprint density at radius 1 is 1.14 bits per heavy atom. The molecule has 1 saturated heterocycles. The maximum atomic E-state index is 13.4. The molecular weight excluding hydrogens is 183 g/mol. The minimum atomic E-state index is -0.865. The third kappa shape index (κ3) is 4.85. The van der Waals surface area contributed by atoms with E-state index in [4.69, 9.17) is 0 Å². The van der Waals surface area contributed by atoms with E-state index in [0.29, 0.717) is 19.6 Å². The number of hydrazine groups is 1. The molecule has 0 radical (unpaired) electrons. The van der Waals surface area contributed by atoms with E-state index in [2.05, 4.69) is 16.2 Å².